The second-order valence-electron chi connectivity index (χ2n) is 4.77. The molecule has 108 valence electrons. The molecule has 6 heteroatoms. The van der Waals surface area contributed by atoms with Gasteiger partial charge in [-0.15, -0.1) is 0 Å². The summed E-state index contributed by atoms with van der Waals surface area (Å²) >= 11 is 0. The van der Waals surface area contributed by atoms with Gasteiger partial charge in [-0.1, -0.05) is 6.92 Å². The van der Waals surface area contributed by atoms with Gasteiger partial charge < -0.3 is 5.32 Å². The van der Waals surface area contributed by atoms with Crippen molar-refractivity contribution in [1.29, 1.82) is 0 Å². The summed E-state index contributed by atoms with van der Waals surface area (Å²) in [7, 11) is -0.356. The van der Waals surface area contributed by atoms with Crippen molar-refractivity contribution in [3.63, 3.8) is 0 Å². The van der Waals surface area contributed by atoms with E-state index in [0.717, 1.165) is 29.7 Å². The van der Waals surface area contributed by atoms with Crippen LogP contribution in [0.1, 0.15) is 13.3 Å². The second kappa shape index (κ2) is 5.76. The Morgan fingerprint density at radius 3 is 2.60 bits per heavy atom. The van der Waals surface area contributed by atoms with E-state index in [-0.39, 0.29) is 4.90 Å². The highest BCUT2D eigenvalue weighted by atomic mass is 32.2. The lowest BCUT2D eigenvalue weighted by atomic mass is 10.2. The fourth-order valence-corrected chi connectivity index (χ4v) is 2.76. The number of anilines is 1. The van der Waals surface area contributed by atoms with Crippen LogP contribution < -0.4 is 5.32 Å². The van der Waals surface area contributed by atoms with E-state index in [4.69, 9.17) is 0 Å². The number of aromatic nitrogens is 1. The van der Waals surface area contributed by atoms with Crippen LogP contribution in [-0.2, 0) is 10.0 Å². The van der Waals surface area contributed by atoms with E-state index >= 15 is 0 Å². The highest BCUT2D eigenvalue weighted by Crippen LogP contribution is 2.21. The quantitative estimate of drug-likeness (QED) is 0.919. The van der Waals surface area contributed by atoms with Gasteiger partial charge in [0.25, 0.3) is 0 Å². The van der Waals surface area contributed by atoms with E-state index in [9.17, 15) is 8.42 Å². The molecular formula is C14H19N3O2S. The average molecular weight is 293 g/mol. The van der Waals surface area contributed by atoms with Crippen LogP contribution in [0.5, 0.6) is 0 Å². The van der Waals surface area contributed by atoms with Crippen molar-refractivity contribution in [2.45, 2.75) is 18.2 Å². The van der Waals surface area contributed by atoms with Crippen molar-refractivity contribution < 1.29 is 8.42 Å². The molecule has 0 spiro atoms. The number of fused-ring (bicyclic) bond motifs is 1. The van der Waals surface area contributed by atoms with Crippen LogP contribution in [-0.4, -0.2) is 38.3 Å². The molecule has 20 heavy (non-hydrogen) atoms. The molecule has 5 nitrogen and oxygen atoms in total. The molecule has 0 radical (unpaired) electrons. The smallest absolute Gasteiger partial charge is 0.242 e. The number of hydrogen-bond donors (Lipinski definition) is 1. The van der Waals surface area contributed by atoms with E-state index in [1.54, 1.807) is 18.2 Å². The van der Waals surface area contributed by atoms with E-state index in [1.807, 2.05) is 12.1 Å². The Bertz CT molecular complexity index is 711. The summed E-state index contributed by atoms with van der Waals surface area (Å²) in [6, 6.07) is 8.73. The van der Waals surface area contributed by atoms with Crippen LogP contribution in [0.4, 0.5) is 5.82 Å². The minimum absolute atomic E-state index is 0.283. The van der Waals surface area contributed by atoms with Crippen molar-refractivity contribution in [3.8, 4) is 0 Å². The van der Waals surface area contributed by atoms with Crippen LogP contribution >= 0.6 is 0 Å². The molecule has 0 atom stereocenters. The first-order valence-electron chi connectivity index (χ1n) is 6.52. The number of nitrogens with one attached hydrogen (secondary N) is 1. The predicted octanol–water partition coefficient (Wildman–Crippen LogP) is 2.31. The molecule has 2 aromatic rings. The molecule has 1 aromatic heterocycles. The molecular weight excluding hydrogens is 274 g/mol. The third-order valence-electron chi connectivity index (χ3n) is 3.00. The third kappa shape index (κ3) is 2.91. The summed E-state index contributed by atoms with van der Waals surface area (Å²) in [4.78, 5) is 4.74. The molecule has 1 N–H and O–H groups in total. The van der Waals surface area contributed by atoms with Gasteiger partial charge >= 0.3 is 0 Å². The minimum Gasteiger partial charge on any atom is -0.370 e. The lowest BCUT2D eigenvalue weighted by Crippen LogP contribution is -2.22. The Hall–Kier alpha value is -1.66. The molecule has 0 saturated heterocycles. The Kier molecular flexibility index (Phi) is 4.25. The zero-order valence-electron chi connectivity index (χ0n) is 11.9. The lowest BCUT2D eigenvalue weighted by Gasteiger charge is -2.12. The largest absolute Gasteiger partial charge is 0.370 e. The Labute approximate surface area is 119 Å². The van der Waals surface area contributed by atoms with Gasteiger partial charge in [0, 0.05) is 26.0 Å². The molecule has 2 rings (SSSR count). The highest BCUT2D eigenvalue weighted by Gasteiger charge is 2.17. The van der Waals surface area contributed by atoms with Gasteiger partial charge in [-0.25, -0.2) is 17.7 Å². The first-order valence-corrected chi connectivity index (χ1v) is 7.96. The SMILES string of the molecule is CCCNc1ccc2cc(S(=O)(=O)N(C)C)ccc2n1. The fraction of sp³-hybridized carbons (Fsp3) is 0.357. The molecule has 0 aliphatic rings. The maximum Gasteiger partial charge on any atom is 0.242 e. The molecule has 0 aliphatic carbocycles. The van der Waals surface area contributed by atoms with Gasteiger partial charge in [0.15, 0.2) is 0 Å². The summed E-state index contributed by atoms with van der Waals surface area (Å²) in [6.45, 7) is 2.96. The molecule has 0 fully saturated rings. The number of pyridine rings is 1. The van der Waals surface area contributed by atoms with Crippen LogP contribution in [0, 0.1) is 0 Å². The number of hydrogen-bond acceptors (Lipinski definition) is 4. The zero-order chi connectivity index (χ0) is 14.8. The molecule has 1 aromatic carbocycles. The average Bonchev–Trinajstić information content (AvgIpc) is 2.44. The van der Waals surface area contributed by atoms with Crippen LogP contribution in [0.3, 0.4) is 0 Å². The van der Waals surface area contributed by atoms with E-state index < -0.39 is 10.0 Å². The monoisotopic (exact) mass is 293 g/mol. The normalized spacial score (nSPS) is 12.0. The minimum atomic E-state index is -3.40. The Morgan fingerprint density at radius 2 is 1.95 bits per heavy atom. The van der Waals surface area contributed by atoms with Crippen LogP contribution in [0.2, 0.25) is 0 Å². The molecule has 1 heterocycles. The van der Waals surface area contributed by atoms with Gasteiger partial charge in [-0.2, -0.15) is 0 Å². The third-order valence-corrected chi connectivity index (χ3v) is 4.81. The number of benzene rings is 1. The summed E-state index contributed by atoms with van der Waals surface area (Å²) < 4.78 is 25.4. The Morgan fingerprint density at radius 1 is 1.20 bits per heavy atom. The van der Waals surface area contributed by atoms with Gasteiger partial charge in [0.2, 0.25) is 10.0 Å². The fourth-order valence-electron chi connectivity index (χ4n) is 1.83. The first-order chi connectivity index (χ1) is 9.45. The summed E-state index contributed by atoms with van der Waals surface area (Å²) in [5.74, 6) is 0.808. The van der Waals surface area contributed by atoms with E-state index in [0.29, 0.717) is 0 Å². The van der Waals surface area contributed by atoms with Crippen molar-refractivity contribution in [2.75, 3.05) is 26.0 Å². The number of sulfonamides is 1. The maximum atomic E-state index is 12.1. The topological polar surface area (TPSA) is 62.3 Å². The highest BCUT2D eigenvalue weighted by molar-refractivity contribution is 7.89. The summed E-state index contributed by atoms with van der Waals surface area (Å²) in [6.07, 6.45) is 1.03. The van der Waals surface area contributed by atoms with Crippen molar-refractivity contribution in [3.05, 3.63) is 30.3 Å². The summed E-state index contributed by atoms with van der Waals surface area (Å²) in [5, 5.41) is 4.03. The molecule has 0 unspecified atom stereocenters. The van der Waals surface area contributed by atoms with Gasteiger partial charge in [-0.3, -0.25) is 0 Å². The Balaban J connectivity index is 2.42. The van der Waals surface area contributed by atoms with Gasteiger partial charge in [0.05, 0.1) is 10.4 Å². The molecule has 0 bridgehead atoms. The molecule has 0 aliphatic heterocycles. The maximum absolute atomic E-state index is 12.1. The number of nitrogens with zero attached hydrogens (tertiary/aromatic N) is 2. The second-order valence-corrected chi connectivity index (χ2v) is 6.92. The standard InChI is InChI=1S/C14H19N3O2S/c1-4-9-15-14-8-5-11-10-12(6-7-13(11)16-14)20(18,19)17(2)3/h5-8,10H,4,9H2,1-3H3,(H,15,16). The molecule has 0 amide bonds. The summed E-state index contributed by atoms with van der Waals surface area (Å²) in [5.41, 5.74) is 0.781. The zero-order valence-corrected chi connectivity index (χ0v) is 12.7. The lowest BCUT2D eigenvalue weighted by molar-refractivity contribution is 0.521. The first kappa shape index (κ1) is 14.7. The van der Waals surface area contributed by atoms with Crippen molar-refractivity contribution in [2.24, 2.45) is 0 Å². The van der Waals surface area contributed by atoms with E-state index in [1.165, 1.54) is 18.4 Å². The van der Waals surface area contributed by atoms with Crippen LogP contribution in [0.15, 0.2) is 35.2 Å². The van der Waals surface area contributed by atoms with Crippen molar-refractivity contribution in [1.82, 2.24) is 9.29 Å². The van der Waals surface area contributed by atoms with Gasteiger partial charge in [0.1, 0.15) is 5.82 Å². The molecule has 0 saturated carbocycles. The van der Waals surface area contributed by atoms with Crippen LogP contribution in [0.25, 0.3) is 10.9 Å². The predicted molar refractivity (Wildman–Crippen MR) is 81.4 cm³/mol. The van der Waals surface area contributed by atoms with Gasteiger partial charge in [-0.05, 0) is 36.8 Å². The number of rotatable bonds is 5. The van der Waals surface area contributed by atoms with Crippen molar-refractivity contribution >= 4 is 26.7 Å². The van der Waals surface area contributed by atoms with E-state index in [2.05, 4.69) is 17.2 Å².